The van der Waals surface area contributed by atoms with Gasteiger partial charge in [-0.1, -0.05) is 6.07 Å². The van der Waals surface area contributed by atoms with Gasteiger partial charge in [-0.3, -0.25) is 4.79 Å². The molecule has 1 aliphatic rings. The van der Waals surface area contributed by atoms with Crippen molar-refractivity contribution in [3.05, 3.63) is 40.6 Å². The predicted molar refractivity (Wildman–Crippen MR) is 105 cm³/mol. The molecule has 0 radical (unpaired) electrons. The molecule has 152 valence electrons. The molecule has 0 saturated heterocycles. The lowest BCUT2D eigenvalue weighted by molar-refractivity contribution is -0.138. The van der Waals surface area contributed by atoms with Gasteiger partial charge in [-0.25, -0.2) is 4.79 Å². The van der Waals surface area contributed by atoms with Crippen molar-refractivity contribution < 1.29 is 28.5 Å². The van der Waals surface area contributed by atoms with Crippen molar-refractivity contribution in [2.75, 3.05) is 40.6 Å². The second-order valence-electron chi connectivity index (χ2n) is 6.03. The molecule has 0 atom stereocenters. The summed E-state index contributed by atoms with van der Waals surface area (Å²) in [6.45, 7) is 6.82. The van der Waals surface area contributed by atoms with Crippen LogP contribution in [0, 0.1) is 0 Å². The second kappa shape index (κ2) is 9.94. The molecule has 0 spiro atoms. The Morgan fingerprint density at radius 1 is 1.14 bits per heavy atom. The predicted octanol–water partition coefficient (Wildman–Crippen LogP) is 2.80. The summed E-state index contributed by atoms with van der Waals surface area (Å²) < 4.78 is 21.1. The Morgan fingerprint density at radius 3 is 2.50 bits per heavy atom. The molecule has 1 aromatic carbocycles. The topological polar surface area (TPSA) is 74.3 Å². The number of benzene rings is 1. The van der Waals surface area contributed by atoms with Crippen LogP contribution >= 0.6 is 0 Å². The zero-order valence-corrected chi connectivity index (χ0v) is 17.0. The minimum Gasteiger partial charge on any atom is -0.493 e. The third-order valence-corrected chi connectivity index (χ3v) is 4.31. The van der Waals surface area contributed by atoms with Crippen LogP contribution in [0.2, 0.25) is 0 Å². The number of hydrogen-bond acceptors (Lipinski definition) is 6. The van der Waals surface area contributed by atoms with Crippen molar-refractivity contribution in [3.8, 4) is 11.5 Å². The number of carbonyl (C=O) groups is 2. The first-order valence-electron chi connectivity index (χ1n) is 9.20. The normalized spacial score (nSPS) is 15.4. The molecule has 0 unspecified atom stereocenters. The van der Waals surface area contributed by atoms with Gasteiger partial charge in [0.15, 0.2) is 11.5 Å². The Bertz CT molecular complexity index is 796. The minimum atomic E-state index is -0.516. The maximum absolute atomic E-state index is 13.0. The van der Waals surface area contributed by atoms with Crippen LogP contribution in [0.1, 0.15) is 26.3 Å². The Kier molecular flexibility index (Phi) is 7.63. The third kappa shape index (κ3) is 4.54. The van der Waals surface area contributed by atoms with Gasteiger partial charge in [-0.05, 0) is 44.5 Å². The van der Waals surface area contributed by atoms with Crippen LogP contribution < -0.4 is 9.47 Å². The lowest BCUT2D eigenvalue weighted by Crippen LogP contribution is -2.28. The molecular weight excluding hydrogens is 362 g/mol. The van der Waals surface area contributed by atoms with Crippen LogP contribution in [0.15, 0.2) is 35.0 Å². The second-order valence-corrected chi connectivity index (χ2v) is 6.03. The fourth-order valence-corrected chi connectivity index (χ4v) is 3.00. The maximum atomic E-state index is 13.0. The summed E-state index contributed by atoms with van der Waals surface area (Å²) in [7, 11) is 3.12. The van der Waals surface area contributed by atoms with E-state index in [-0.39, 0.29) is 18.1 Å². The third-order valence-electron chi connectivity index (χ3n) is 4.31. The monoisotopic (exact) mass is 389 g/mol. The number of allylic oxidation sites excluding steroid dienone is 1. The highest BCUT2D eigenvalue weighted by Gasteiger charge is 2.36. The number of esters is 1. The van der Waals surface area contributed by atoms with Gasteiger partial charge in [-0.2, -0.15) is 0 Å². The first kappa shape index (κ1) is 21.5. The van der Waals surface area contributed by atoms with Crippen LogP contribution in [0.3, 0.4) is 0 Å². The Labute approximate surface area is 165 Å². The molecule has 1 aliphatic heterocycles. The average Bonchev–Trinajstić information content (AvgIpc) is 2.91. The van der Waals surface area contributed by atoms with E-state index in [1.165, 1.54) is 4.90 Å². The van der Waals surface area contributed by atoms with E-state index in [0.29, 0.717) is 48.1 Å². The van der Waals surface area contributed by atoms with Gasteiger partial charge in [0.05, 0.1) is 38.1 Å². The van der Waals surface area contributed by atoms with E-state index in [4.69, 9.17) is 18.9 Å². The molecule has 7 nitrogen and oxygen atoms in total. The molecule has 7 heteroatoms. The highest BCUT2D eigenvalue weighted by molar-refractivity contribution is 6.16. The number of rotatable bonds is 9. The average molecular weight is 389 g/mol. The van der Waals surface area contributed by atoms with Gasteiger partial charge in [-0.15, -0.1) is 0 Å². The Hall–Kier alpha value is -2.80. The molecule has 0 N–H and O–H groups in total. The summed E-state index contributed by atoms with van der Waals surface area (Å²) in [5.74, 6) is 0.392. The standard InChI is InChI=1S/C21H27NO6/c1-6-27-17-9-8-15(13-18(17)26-5)12-16-19(21(24)28-7-2)14(3)22(20(16)23)10-11-25-4/h8-9,12-13H,6-7,10-11H2,1-5H3/b16-12-. The van der Waals surface area contributed by atoms with Crippen LogP contribution in [0.4, 0.5) is 0 Å². The van der Waals surface area contributed by atoms with Crippen molar-refractivity contribution in [2.24, 2.45) is 0 Å². The van der Waals surface area contributed by atoms with Gasteiger partial charge in [0.1, 0.15) is 0 Å². The number of nitrogens with zero attached hydrogens (tertiary/aromatic N) is 1. The maximum Gasteiger partial charge on any atom is 0.340 e. The number of hydrogen-bond donors (Lipinski definition) is 0. The molecule has 0 aliphatic carbocycles. The van der Waals surface area contributed by atoms with E-state index in [9.17, 15) is 9.59 Å². The lowest BCUT2D eigenvalue weighted by Gasteiger charge is -2.16. The SMILES string of the molecule is CCOC(=O)C1=C(C)N(CCOC)C(=O)/C1=C\c1ccc(OCC)c(OC)c1. The van der Waals surface area contributed by atoms with Crippen molar-refractivity contribution in [2.45, 2.75) is 20.8 Å². The van der Waals surface area contributed by atoms with Crippen LogP contribution in [0.25, 0.3) is 6.08 Å². The smallest absolute Gasteiger partial charge is 0.340 e. The minimum absolute atomic E-state index is 0.228. The molecule has 0 aromatic heterocycles. The van der Waals surface area contributed by atoms with E-state index in [1.54, 1.807) is 46.3 Å². The van der Waals surface area contributed by atoms with Gasteiger partial charge < -0.3 is 23.8 Å². The molecular formula is C21H27NO6. The Balaban J connectivity index is 2.48. The van der Waals surface area contributed by atoms with Crippen molar-refractivity contribution in [3.63, 3.8) is 0 Å². The molecule has 2 rings (SSSR count). The number of carbonyl (C=O) groups excluding carboxylic acids is 2. The van der Waals surface area contributed by atoms with Crippen LogP contribution in [-0.2, 0) is 19.1 Å². The summed E-state index contributed by atoms with van der Waals surface area (Å²) in [6, 6.07) is 5.35. The molecule has 0 saturated carbocycles. The Morgan fingerprint density at radius 2 is 1.89 bits per heavy atom. The zero-order valence-electron chi connectivity index (χ0n) is 17.0. The van der Waals surface area contributed by atoms with E-state index in [0.717, 1.165) is 0 Å². The lowest BCUT2D eigenvalue weighted by atomic mass is 10.0. The fourth-order valence-electron chi connectivity index (χ4n) is 3.00. The van der Waals surface area contributed by atoms with Crippen molar-refractivity contribution >= 4 is 18.0 Å². The first-order valence-corrected chi connectivity index (χ1v) is 9.20. The van der Waals surface area contributed by atoms with E-state index < -0.39 is 5.97 Å². The number of amides is 1. The van der Waals surface area contributed by atoms with Gasteiger partial charge in [0, 0.05) is 19.4 Å². The van der Waals surface area contributed by atoms with Gasteiger partial charge in [0.2, 0.25) is 0 Å². The molecule has 1 aromatic rings. The van der Waals surface area contributed by atoms with Crippen molar-refractivity contribution in [1.29, 1.82) is 0 Å². The molecule has 1 amide bonds. The quantitative estimate of drug-likeness (QED) is 0.478. The first-order chi connectivity index (χ1) is 13.5. The van der Waals surface area contributed by atoms with Crippen LogP contribution in [0.5, 0.6) is 11.5 Å². The van der Waals surface area contributed by atoms with E-state index in [2.05, 4.69) is 0 Å². The molecule has 0 bridgehead atoms. The van der Waals surface area contributed by atoms with E-state index in [1.807, 2.05) is 13.0 Å². The number of ether oxygens (including phenoxy) is 4. The summed E-state index contributed by atoms with van der Waals surface area (Å²) in [5, 5.41) is 0. The summed E-state index contributed by atoms with van der Waals surface area (Å²) in [6.07, 6.45) is 1.67. The van der Waals surface area contributed by atoms with E-state index >= 15 is 0 Å². The molecule has 0 fully saturated rings. The highest BCUT2D eigenvalue weighted by atomic mass is 16.5. The van der Waals surface area contributed by atoms with Crippen LogP contribution in [-0.4, -0.2) is 57.4 Å². The summed E-state index contributed by atoms with van der Waals surface area (Å²) in [5.41, 5.74) is 1.84. The largest absolute Gasteiger partial charge is 0.493 e. The zero-order chi connectivity index (χ0) is 20.7. The highest BCUT2D eigenvalue weighted by Crippen LogP contribution is 2.34. The summed E-state index contributed by atoms with van der Waals surface area (Å²) >= 11 is 0. The van der Waals surface area contributed by atoms with Crippen molar-refractivity contribution in [1.82, 2.24) is 4.90 Å². The summed E-state index contributed by atoms with van der Waals surface area (Å²) in [4.78, 5) is 27.0. The van der Waals surface area contributed by atoms with Gasteiger partial charge in [0.25, 0.3) is 5.91 Å². The fraction of sp³-hybridized carbons (Fsp3) is 0.429. The molecule has 1 heterocycles. The molecule has 28 heavy (non-hydrogen) atoms. The van der Waals surface area contributed by atoms with Gasteiger partial charge >= 0.3 is 5.97 Å². The number of methoxy groups -OCH3 is 2.